The number of aromatic nitrogens is 2. The number of rotatable bonds is 9. The summed E-state index contributed by atoms with van der Waals surface area (Å²) in [5.74, 6) is 0.881. The molecule has 26 heavy (non-hydrogen) atoms. The van der Waals surface area contributed by atoms with Crippen LogP contribution in [-0.4, -0.2) is 49.2 Å². The molecule has 0 spiro atoms. The number of methoxy groups -OCH3 is 1. The molecule has 0 radical (unpaired) electrons. The maximum absolute atomic E-state index is 12.5. The summed E-state index contributed by atoms with van der Waals surface area (Å²) in [6, 6.07) is 9.45. The number of carbonyl (C=O) groups is 1. The predicted molar refractivity (Wildman–Crippen MR) is 105 cm³/mol. The molecule has 2 rings (SSSR count). The molecule has 0 saturated carbocycles. The molecule has 1 aromatic carbocycles. The highest BCUT2D eigenvalue weighted by atomic mass is 16.5. The van der Waals surface area contributed by atoms with Crippen LogP contribution in [0, 0.1) is 6.92 Å². The molecule has 7 nitrogen and oxygen atoms in total. The summed E-state index contributed by atoms with van der Waals surface area (Å²) in [6.45, 7) is 9.06. The lowest BCUT2D eigenvalue weighted by Crippen LogP contribution is -2.21. The van der Waals surface area contributed by atoms with E-state index in [1.54, 1.807) is 20.1 Å². The molecule has 0 aliphatic carbocycles. The number of hydrogen-bond acceptors (Lipinski definition) is 6. The second kappa shape index (κ2) is 9.72. The van der Waals surface area contributed by atoms with Crippen molar-refractivity contribution < 1.29 is 9.53 Å². The normalized spacial score (nSPS) is 10.5. The van der Waals surface area contributed by atoms with Crippen LogP contribution in [-0.2, 0) is 4.74 Å². The lowest BCUT2D eigenvalue weighted by molar-refractivity contribution is 0.102. The standard InChI is InChI=1S/C19H27N5O2/c1-5-24(6-2)16-9-7-15(8-10-16)23-19(25)17-13-18(20-11-12-26-4)22-14(3)21-17/h7-10,13H,5-6,11-12H2,1-4H3,(H,23,25)(H,20,21,22). The van der Waals surface area contributed by atoms with E-state index in [0.717, 1.165) is 24.5 Å². The Bertz CT molecular complexity index is 714. The van der Waals surface area contributed by atoms with Gasteiger partial charge >= 0.3 is 0 Å². The summed E-state index contributed by atoms with van der Waals surface area (Å²) in [6.07, 6.45) is 0. The zero-order valence-electron chi connectivity index (χ0n) is 15.9. The van der Waals surface area contributed by atoms with Crippen molar-refractivity contribution in [2.24, 2.45) is 0 Å². The first-order valence-electron chi connectivity index (χ1n) is 8.82. The SMILES string of the molecule is CCN(CC)c1ccc(NC(=O)c2cc(NCCOC)nc(C)n2)cc1. The Balaban J connectivity index is 2.07. The molecule has 2 aromatic rings. The van der Waals surface area contributed by atoms with Crippen molar-refractivity contribution in [3.8, 4) is 0 Å². The van der Waals surface area contributed by atoms with Crippen LogP contribution in [0.25, 0.3) is 0 Å². The van der Waals surface area contributed by atoms with Gasteiger partial charge in [-0.15, -0.1) is 0 Å². The van der Waals surface area contributed by atoms with E-state index in [2.05, 4.69) is 39.3 Å². The van der Waals surface area contributed by atoms with E-state index < -0.39 is 0 Å². The minimum absolute atomic E-state index is 0.263. The summed E-state index contributed by atoms with van der Waals surface area (Å²) >= 11 is 0. The average Bonchev–Trinajstić information content (AvgIpc) is 2.64. The molecule has 1 aromatic heterocycles. The van der Waals surface area contributed by atoms with Gasteiger partial charge < -0.3 is 20.3 Å². The fourth-order valence-electron chi connectivity index (χ4n) is 2.60. The third-order valence-electron chi connectivity index (χ3n) is 3.94. The molecule has 2 N–H and O–H groups in total. The van der Waals surface area contributed by atoms with Gasteiger partial charge in [0.1, 0.15) is 17.3 Å². The average molecular weight is 357 g/mol. The van der Waals surface area contributed by atoms with Crippen LogP contribution in [0.2, 0.25) is 0 Å². The molecule has 0 unspecified atom stereocenters. The molecule has 140 valence electrons. The van der Waals surface area contributed by atoms with Crippen molar-refractivity contribution in [1.29, 1.82) is 0 Å². The monoisotopic (exact) mass is 357 g/mol. The molecule has 7 heteroatoms. The highest BCUT2D eigenvalue weighted by molar-refractivity contribution is 6.03. The van der Waals surface area contributed by atoms with Crippen molar-refractivity contribution in [3.05, 3.63) is 41.9 Å². The van der Waals surface area contributed by atoms with E-state index in [1.807, 2.05) is 24.3 Å². The number of anilines is 3. The highest BCUT2D eigenvalue weighted by Gasteiger charge is 2.11. The number of benzene rings is 1. The molecule has 0 aliphatic rings. The van der Waals surface area contributed by atoms with E-state index in [1.165, 1.54) is 0 Å². The van der Waals surface area contributed by atoms with Gasteiger partial charge in [-0.1, -0.05) is 0 Å². The van der Waals surface area contributed by atoms with Gasteiger partial charge in [0.15, 0.2) is 0 Å². The smallest absolute Gasteiger partial charge is 0.274 e. The molecule has 0 saturated heterocycles. The Morgan fingerprint density at radius 3 is 2.46 bits per heavy atom. The zero-order valence-corrected chi connectivity index (χ0v) is 15.9. The van der Waals surface area contributed by atoms with Crippen LogP contribution in [0.1, 0.15) is 30.2 Å². The fourth-order valence-corrected chi connectivity index (χ4v) is 2.60. The van der Waals surface area contributed by atoms with Gasteiger partial charge in [0, 0.05) is 44.2 Å². The molecule has 0 atom stereocenters. The van der Waals surface area contributed by atoms with Gasteiger partial charge in [-0.05, 0) is 45.0 Å². The van der Waals surface area contributed by atoms with Crippen LogP contribution >= 0.6 is 0 Å². The Morgan fingerprint density at radius 1 is 1.15 bits per heavy atom. The third-order valence-corrected chi connectivity index (χ3v) is 3.94. The van der Waals surface area contributed by atoms with Gasteiger partial charge in [0.05, 0.1) is 6.61 Å². The Kier molecular flexibility index (Phi) is 7.35. The number of carbonyl (C=O) groups excluding carboxylic acids is 1. The molecular formula is C19H27N5O2. The largest absolute Gasteiger partial charge is 0.383 e. The van der Waals surface area contributed by atoms with Crippen LogP contribution in [0.4, 0.5) is 17.2 Å². The van der Waals surface area contributed by atoms with Gasteiger partial charge in [-0.3, -0.25) is 4.79 Å². The summed E-state index contributed by atoms with van der Waals surface area (Å²) in [7, 11) is 1.64. The summed E-state index contributed by atoms with van der Waals surface area (Å²) in [4.78, 5) is 23.3. The van der Waals surface area contributed by atoms with Crippen LogP contribution in [0.15, 0.2) is 30.3 Å². The number of nitrogens with zero attached hydrogens (tertiary/aromatic N) is 3. The number of hydrogen-bond donors (Lipinski definition) is 2. The Labute approximate surface area is 154 Å². The second-order valence-electron chi connectivity index (χ2n) is 5.78. The van der Waals surface area contributed by atoms with Crippen LogP contribution in [0.3, 0.4) is 0 Å². The van der Waals surface area contributed by atoms with Gasteiger partial charge in [0.25, 0.3) is 5.91 Å². The summed E-state index contributed by atoms with van der Waals surface area (Å²) in [5.41, 5.74) is 2.19. The quantitative estimate of drug-likeness (QED) is 0.672. The number of aryl methyl sites for hydroxylation is 1. The summed E-state index contributed by atoms with van der Waals surface area (Å²) < 4.78 is 5.00. The van der Waals surface area contributed by atoms with E-state index in [0.29, 0.717) is 30.5 Å². The van der Waals surface area contributed by atoms with Crippen molar-refractivity contribution in [1.82, 2.24) is 9.97 Å². The molecule has 1 amide bonds. The molecule has 0 bridgehead atoms. The van der Waals surface area contributed by atoms with Crippen molar-refractivity contribution in [2.45, 2.75) is 20.8 Å². The predicted octanol–water partition coefficient (Wildman–Crippen LogP) is 2.94. The number of nitrogens with one attached hydrogen (secondary N) is 2. The van der Waals surface area contributed by atoms with E-state index in [-0.39, 0.29) is 5.91 Å². The summed E-state index contributed by atoms with van der Waals surface area (Å²) in [5, 5.41) is 6.00. The van der Waals surface area contributed by atoms with Gasteiger partial charge in [-0.2, -0.15) is 0 Å². The first kappa shape index (κ1) is 19.7. The van der Waals surface area contributed by atoms with Crippen molar-refractivity contribution >= 4 is 23.1 Å². The third kappa shape index (κ3) is 5.42. The van der Waals surface area contributed by atoms with Crippen molar-refractivity contribution in [3.63, 3.8) is 0 Å². The molecule has 0 aliphatic heterocycles. The molecular weight excluding hydrogens is 330 g/mol. The van der Waals surface area contributed by atoms with Crippen LogP contribution in [0.5, 0.6) is 0 Å². The lowest BCUT2D eigenvalue weighted by atomic mass is 10.2. The lowest BCUT2D eigenvalue weighted by Gasteiger charge is -2.21. The van der Waals surface area contributed by atoms with E-state index >= 15 is 0 Å². The van der Waals surface area contributed by atoms with E-state index in [4.69, 9.17) is 4.74 Å². The zero-order chi connectivity index (χ0) is 18.9. The fraction of sp³-hybridized carbons (Fsp3) is 0.421. The molecule has 0 fully saturated rings. The number of ether oxygens (including phenoxy) is 1. The van der Waals surface area contributed by atoms with Crippen LogP contribution < -0.4 is 15.5 Å². The van der Waals surface area contributed by atoms with E-state index in [9.17, 15) is 4.79 Å². The Morgan fingerprint density at radius 2 is 1.85 bits per heavy atom. The van der Waals surface area contributed by atoms with Crippen molar-refractivity contribution in [2.75, 3.05) is 48.9 Å². The van der Waals surface area contributed by atoms with Gasteiger partial charge in [-0.25, -0.2) is 9.97 Å². The second-order valence-corrected chi connectivity index (χ2v) is 5.78. The minimum Gasteiger partial charge on any atom is -0.383 e. The highest BCUT2D eigenvalue weighted by Crippen LogP contribution is 2.18. The number of amides is 1. The topological polar surface area (TPSA) is 79.4 Å². The van der Waals surface area contributed by atoms with Gasteiger partial charge in [0.2, 0.25) is 0 Å². The first-order chi connectivity index (χ1) is 12.6. The minimum atomic E-state index is -0.263. The Hall–Kier alpha value is -2.67. The maximum atomic E-state index is 12.5. The first-order valence-corrected chi connectivity index (χ1v) is 8.82. The maximum Gasteiger partial charge on any atom is 0.274 e. The molecule has 1 heterocycles.